The molecule has 29 heavy (non-hydrogen) atoms. The van der Waals surface area contributed by atoms with Crippen molar-refractivity contribution in [1.82, 2.24) is 10.2 Å². The number of nitrogens with one attached hydrogen (secondary N) is 1. The largest absolute Gasteiger partial charge is 0.467 e. The lowest BCUT2D eigenvalue weighted by Gasteiger charge is -2.24. The summed E-state index contributed by atoms with van der Waals surface area (Å²) >= 11 is 0. The number of aryl methyl sites for hydroxylation is 1. The van der Waals surface area contributed by atoms with Crippen LogP contribution in [0, 0.1) is 17.0 Å². The molecule has 0 saturated carbocycles. The van der Waals surface area contributed by atoms with Crippen LogP contribution in [-0.4, -0.2) is 28.6 Å². The van der Waals surface area contributed by atoms with E-state index < -0.39 is 22.4 Å². The second-order valence-electron chi connectivity index (χ2n) is 7.27. The van der Waals surface area contributed by atoms with Crippen LogP contribution in [0.1, 0.15) is 29.2 Å². The second kappa shape index (κ2) is 6.85. The third-order valence-electron chi connectivity index (χ3n) is 5.21. The Morgan fingerprint density at radius 2 is 1.97 bits per heavy atom. The number of ether oxygens (including phenoxy) is 2. The average Bonchev–Trinajstić information content (AvgIpc) is 2.92. The molecule has 2 aromatic carbocycles. The number of fused-ring (bicyclic) bond motifs is 1. The molecule has 2 aliphatic rings. The topological polar surface area (TPSA) is 111 Å². The van der Waals surface area contributed by atoms with Crippen molar-refractivity contribution in [2.24, 2.45) is 0 Å². The van der Waals surface area contributed by atoms with E-state index in [-0.39, 0.29) is 25.6 Å². The van der Waals surface area contributed by atoms with Crippen LogP contribution in [0.4, 0.5) is 10.5 Å². The van der Waals surface area contributed by atoms with Crippen molar-refractivity contribution in [2.75, 3.05) is 6.79 Å². The number of carbonyl (C=O) groups is 2. The van der Waals surface area contributed by atoms with Gasteiger partial charge in [0.15, 0.2) is 6.79 Å². The zero-order chi connectivity index (χ0) is 20.8. The molecule has 0 bridgehead atoms. The normalized spacial score (nSPS) is 20.8. The number of carbonyl (C=O) groups excluding carboxylic acids is 2. The highest BCUT2D eigenvalue weighted by Crippen LogP contribution is 2.36. The first-order valence-corrected chi connectivity index (χ1v) is 9.01. The summed E-state index contributed by atoms with van der Waals surface area (Å²) in [6, 6.07) is 9.47. The zero-order valence-electron chi connectivity index (χ0n) is 15.9. The molecule has 0 aromatic heterocycles. The molecule has 2 heterocycles. The third kappa shape index (κ3) is 3.19. The lowest BCUT2D eigenvalue weighted by Crippen LogP contribution is -2.40. The van der Waals surface area contributed by atoms with E-state index in [1.165, 1.54) is 12.1 Å². The smallest absolute Gasteiger partial charge is 0.325 e. The number of non-ortho nitro benzene ring substituents is 1. The summed E-state index contributed by atoms with van der Waals surface area (Å²) in [5.74, 6) is -0.0231. The predicted octanol–water partition coefficient (Wildman–Crippen LogP) is 2.74. The van der Waals surface area contributed by atoms with Crippen LogP contribution in [-0.2, 0) is 28.2 Å². The van der Waals surface area contributed by atoms with Gasteiger partial charge >= 0.3 is 6.03 Å². The van der Waals surface area contributed by atoms with Gasteiger partial charge < -0.3 is 14.8 Å². The van der Waals surface area contributed by atoms with Gasteiger partial charge in [0.25, 0.3) is 11.6 Å². The summed E-state index contributed by atoms with van der Waals surface area (Å²) in [6.07, 6.45) is 0. The van der Waals surface area contributed by atoms with Crippen molar-refractivity contribution < 1.29 is 24.0 Å². The first-order valence-electron chi connectivity index (χ1n) is 9.01. The van der Waals surface area contributed by atoms with E-state index in [0.717, 1.165) is 10.5 Å². The first kappa shape index (κ1) is 18.9. The molecule has 1 N–H and O–H groups in total. The molecule has 150 valence electrons. The van der Waals surface area contributed by atoms with Gasteiger partial charge in [0.05, 0.1) is 18.1 Å². The highest BCUT2D eigenvalue weighted by Gasteiger charge is 2.49. The van der Waals surface area contributed by atoms with Crippen LogP contribution in [0.3, 0.4) is 0 Å². The summed E-state index contributed by atoms with van der Waals surface area (Å²) in [5.41, 5.74) is 1.22. The molecule has 1 unspecified atom stereocenters. The number of rotatable bonds is 4. The Bertz CT molecular complexity index is 1020. The first-order chi connectivity index (χ1) is 13.8. The number of nitrogens with zero attached hydrogens (tertiary/aromatic N) is 2. The summed E-state index contributed by atoms with van der Waals surface area (Å²) in [4.78, 5) is 37.6. The van der Waals surface area contributed by atoms with Crippen molar-refractivity contribution >= 4 is 17.6 Å². The third-order valence-corrected chi connectivity index (χ3v) is 5.21. The Labute approximate surface area is 166 Å². The summed E-state index contributed by atoms with van der Waals surface area (Å²) < 4.78 is 10.7. The molecule has 2 aromatic rings. The Balaban J connectivity index is 1.69. The van der Waals surface area contributed by atoms with Gasteiger partial charge in [-0.1, -0.05) is 29.8 Å². The number of amides is 3. The quantitative estimate of drug-likeness (QED) is 0.482. The molecule has 1 atom stereocenters. The molecule has 1 saturated heterocycles. The van der Waals surface area contributed by atoms with Gasteiger partial charge in [0, 0.05) is 23.3 Å². The number of nitro benzene ring substituents is 1. The maximum atomic E-state index is 13.2. The average molecular weight is 397 g/mol. The van der Waals surface area contributed by atoms with Crippen LogP contribution >= 0.6 is 0 Å². The van der Waals surface area contributed by atoms with E-state index in [2.05, 4.69) is 5.32 Å². The molecular formula is C20H19N3O6. The number of nitro groups is 1. The van der Waals surface area contributed by atoms with Crippen LogP contribution < -0.4 is 10.1 Å². The van der Waals surface area contributed by atoms with Crippen molar-refractivity contribution in [1.29, 1.82) is 0 Å². The van der Waals surface area contributed by atoms with Crippen LogP contribution in [0.25, 0.3) is 0 Å². The van der Waals surface area contributed by atoms with Crippen molar-refractivity contribution in [3.63, 3.8) is 0 Å². The van der Waals surface area contributed by atoms with E-state index in [1.807, 2.05) is 19.1 Å². The van der Waals surface area contributed by atoms with E-state index in [1.54, 1.807) is 19.1 Å². The van der Waals surface area contributed by atoms with E-state index >= 15 is 0 Å². The van der Waals surface area contributed by atoms with E-state index in [9.17, 15) is 19.7 Å². The van der Waals surface area contributed by atoms with Gasteiger partial charge in [0.1, 0.15) is 11.3 Å². The second-order valence-corrected chi connectivity index (χ2v) is 7.27. The molecule has 9 heteroatoms. The van der Waals surface area contributed by atoms with Gasteiger partial charge in [-0.25, -0.2) is 4.79 Å². The Morgan fingerprint density at radius 1 is 1.24 bits per heavy atom. The fourth-order valence-corrected chi connectivity index (χ4v) is 3.60. The van der Waals surface area contributed by atoms with Gasteiger partial charge in [-0.05, 0) is 19.4 Å². The highest BCUT2D eigenvalue weighted by molar-refractivity contribution is 6.07. The Kier molecular flexibility index (Phi) is 4.46. The molecule has 0 radical (unpaired) electrons. The molecular weight excluding hydrogens is 378 g/mol. The summed E-state index contributed by atoms with van der Waals surface area (Å²) in [7, 11) is 0. The van der Waals surface area contributed by atoms with E-state index in [0.29, 0.717) is 22.4 Å². The number of hydrogen-bond donors (Lipinski definition) is 1. The van der Waals surface area contributed by atoms with Gasteiger partial charge in [0.2, 0.25) is 0 Å². The molecule has 3 amide bonds. The number of benzene rings is 2. The van der Waals surface area contributed by atoms with Crippen molar-refractivity contribution in [3.05, 3.63) is 68.8 Å². The number of urea groups is 1. The van der Waals surface area contributed by atoms with Crippen LogP contribution in [0.5, 0.6) is 5.75 Å². The van der Waals surface area contributed by atoms with Crippen molar-refractivity contribution in [2.45, 2.75) is 32.5 Å². The minimum absolute atomic E-state index is 0.000957. The highest BCUT2D eigenvalue weighted by atomic mass is 16.7. The summed E-state index contributed by atoms with van der Waals surface area (Å²) in [5, 5.41) is 14.0. The minimum Gasteiger partial charge on any atom is -0.467 e. The number of hydrogen-bond acceptors (Lipinski definition) is 6. The zero-order valence-corrected chi connectivity index (χ0v) is 15.9. The molecule has 0 spiro atoms. The maximum Gasteiger partial charge on any atom is 0.325 e. The fourth-order valence-electron chi connectivity index (χ4n) is 3.60. The number of imide groups is 1. The van der Waals surface area contributed by atoms with Crippen molar-refractivity contribution in [3.8, 4) is 5.75 Å². The Hall–Kier alpha value is -3.46. The van der Waals surface area contributed by atoms with E-state index in [4.69, 9.17) is 9.47 Å². The molecule has 2 aliphatic heterocycles. The van der Waals surface area contributed by atoms with Gasteiger partial charge in [-0.2, -0.15) is 0 Å². The lowest BCUT2D eigenvalue weighted by molar-refractivity contribution is -0.385. The minimum atomic E-state index is -1.21. The summed E-state index contributed by atoms with van der Waals surface area (Å²) in [6.45, 7) is 3.59. The predicted molar refractivity (Wildman–Crippen MR) is 101 cm³/mol. The molecule has 9 nitrogen and oxygen atoms in total. The van der Waals surface area contributed by atoms with Gasteiger partial charge in [-0.3, -0.25) is 19.8 Å². The fraction of sp³-hybridized carbons (Fsp3) is 0.300. The van der Waals surface area contributed by atoms with Gasteiger partial charge in [-0.15, -0.1) is 0 Å². The SMILES string of the molecule is Cc1ccc(C2(C)NC(=O)N(Cc3cc([N+](=O)[O-])cc4c3OCOC4)C2=O)cc1. The Morgan fingerprint density at radius 3 is 2.66 bits per heavy atom. The van der Waals surface area contributed by atoms with Crippen LogP contribution in [0.15, 0.2) is 36.4 Å². The molecule has 1 fully saturated rings. The lowest BCUT2D eigenvalue weighted by atomic mass is 9.91. The maximum absolute atomic E-state index is 13.2. The standard InChI is InChI=1S/C20H19N3O6/c1-12-3-5-15(6-4-12)20(2)18(24)22(19(25)21-20)9-13-7-16(23(26)27)8-14-10-28-11-29-17(13)14/h3-8H,9-11H2,1-2H3,(H,21,25). The van der Waals surface area contributed by atoms with Crippen LogP contribution in [0.2, 0.25) is 0 Å². The monoisotopic (exact) mass is 397 g/mol. The molecule has 4 rings (SSSR count). The molecule has 0 aliphatic carbocycles.